The van der Waals surface area contributed by atoms with Crippen LogP contribution < -0.4 is 0 Å². The molecule has 0 aliphatic heterocycles. The summed E-state index contributed by atoms with van der Waals surface area (Å²) in [4.78, 5) is 24.3. The monoisotopic (exact) mass is 663 g/mol. The molecule has 47 heavy (non-hydrogen) atoms. The number of quaternary nitrogens is 1. The van der Waals surface area contributed by atoms with E-state index in [1.165, 1.54) is 141 Å². The molecule has 0 aromatic heterocycles. The fourth-order valence-corrected chi connectivity index (χ4v) is 5.75. The molecule has 0 saturated carbocycles. The van der Waals surface area contributed by atoms with Crippen molar-refractivity contribution in [2.24, 2.45) is 0 Å². The van der Waals surface area contributed by atoms with E-state index >= 15 is 0 Å². The molecule has 0 unspecified atom stereocenters. The van der Waals surface area contributed by atoms with Crippen LogP contribution in [0.4, 0.5) is 0 Å². The summed E-state index contributed by atoms with van der Waals surface area (Å²) >= 11 is 0. The Morgan fingerprint density at radius 3 is 1.02 bits per heavy atom. The van der Waals surface area contributed by atoms with Crippen molar-refractivity contribution in [3.05, 3.63) is 24.3 Å². The number of likely N-dealkylation sites (N-methyl/N-ethyl adjacent to an activating group) is 1. The van der Waals surface area contributed by atoms with Crippen molar-refractivity contribution in [1.29, 1.82) is 0 Å². The van der Waals surface area contributed by atoms with Gasteiger partial charge in [-0.1, -0.05) is 141 Å². The second kappa shape index (κ2) is 35.7. The minimum atomic E-state index is -0.0889. The van der Waals surface area contributed by atoms with Crippen molar-refractivity contribution < 1.29 is 23.5 Å². The highest BCUT2D eigenvalue weighted by Gasteiger charge is 2.17. The third-order valence-corrected chi connectivity index (χ3v) is 9.20. The minimum Gasteiger partial charge on any atom is -0.460 e. The van der Waals surface area contributed by atoms with E-state index in [1.54, 1.807) is 0 Å². The second-order valence-corrected chi connectivity index (χ2v) is 14.5. The number of nitrogens with zero attached hydrogens (tertiary/aromatic N) is 1. The maximum absolute atomic E-state index is 12.1. The number of carbonyl (C=O) groups is 2. The highest BCUT2D eigenvalue weighted by atomic mass is 16.5. The van der Waals surface area contributed by atoms with Crippen molar-refractivity contribution in [3.63, 3.8) is 0 Å². The molecule has 5 nitrogen and oxygen atoms in total. The highest BCUT2D eigenvalue weighted by Crippen LogP contribution is 2.12. The predicted molar refractivity (Wildman–Crippen MR) is 203 cm³/mol. The zero-order valence-corrected chi connectivity index (χ0v) is 32.0. The van der Waals surface area contributed by atoms with Crippen molar-refractivity contribution in [1.82, 2.24) is 0 Å². The number of unbranched alkanes of at least 4 members (excludes halogenated alkanes) is 22. The SMILES string of the molecule is CCCCCCCC/C=C\CCCCCCCC(=O)OCC[N+](C)(C)CCOC(=O)CCCCCCC/C=C\CCCCCCCC. The van der Waals surface area contributed by atoms with E-state index in [2.05, 4.69) is 52.2 Å². The average Bonchev–Trinajstić information content (AvgIpc) is 3.04. The molecule has 0 heterocycles. The molecule has 5 heteroatoms. The first-order valence-electron chi connectivity index (χ1n) is 20.3. The number of esters is 2. The van der Waals surface area contributed by atoms with E-state index < -0.39 is 0 Å². The van der Waals surface area contributed by atoms with Crippen LogP contribution in [0.5, 0.6) is 0 Å². The summed E-state index contributed by atoms with van der Waals surface area (Å²) < 4.78 is 11.6. The highest BCUT2D eigenvalue weighted by molar-refractivity contribution is 5.69. The Kier molecular flexibility index (Phi) is 34.5. The predicted octanol–water partition coefficient (Wildman–Crippen LogP) is 12.2. The third kappa shape index (κ3) is 37.1. The van der Waals surface area contributed by atoms with Gasteiger partial charge in [0.2, 0.25) is 0 Å². The smallest absolute Gasteiger partial charge is 0.305 e. The lowest BCUT2D eigenvalue weighted by Gasteiger charge is -2.29. The van der Waals surface area contributed by atoms with Crippen LogP contribution >= 0.6 is 0 Å². The Bertz CT molecular complexity index is 685. The van der Waals surface area contributed by atoms with E-state index in [-0.39, 0.29) is 11.9 Å². The normalized spacial score (nSPS) is 12.0. The van der Waals surface area contributed by atoms with Gasteiger partial charge < -0.3 is 14.0 Å². The summed E-state index contributed by atoms with van der Waals surface area (Å²) in [6.07, 6.45) is 43.1. The van der Waals surface area contributed by atoms with Gasteiger partial charge in [0.05, 0.1) is 14.1 Å². The Morgan fingerprint density at radius 2 is 0.702 bits per heavy atom. The lowest BCUT2D eigenvalue weighted by Crippen LogP contribution is -2.45. The Hall–Kier alpha value is -1.62. The van der Waals surface area contributed by atoms with E-state index in [1.807, 2.05) is 0 Å². The molecule has 0 aromatic carbocycles. The number of carbonyl (C=O) groups excluding carboxylic acids is 2. The molecule has 0 N–H and O–H groups in total. The van der Waals surface area contributed by atoms with Gasteiger partial charge in [-0.05, 0) is 64.2 Å². The molecule has 0 aromatic rings. The zero-order chi connectivity index (χ0) is 34.5. The van der Waals surface area contributed by atoms with Gasteiger partial charge in [0.25, 0.3) is 0 Å². The van der Waals surface area contributed by atoms with Crippen molar-refractivity contribution >= 4 is 11.9 Å². The summed E-state index contributed by atoms with van der Waals surface area (Å²) in [6.45, 7) is 6.82. The van der Waals surface area contributed by atoms with E-state index in [4.69, 9.17) is 9.47 Å². The van der Waals surface area contributed by atoms with Gasteiger partial charge in [-0.3, -0.25) is 9.59 Å². The largest absolute Gasteiger partial charge is 0.460 e. The number of rotatable bonds is 36. The van der Waals surface area contributed by atoms with Crippen molar-refractivity contribution in [3.8, 4) is 0 Å². The second-order valence-electron chi connectivity index (χ2n) is 14.5. The van der Waals surface area contributed by atoms with E-state index in [9.17, 15) is 9.59 Å². The van der Waals surface area contributed by atoms with Crippen LogP contribution in [0.3, 0.4) is 0 Å². The van der Waals surface area contributed by atoms with Gasteiger partial charge in [-0.15, -0.1) is 0 Å². The standard InChI is InChI=1S/C42H80NO4/c1-5-7-9-11-13-15-17-19-21-23-25-27-29-31-33-35-41(44)46-39-37-43(3,4)38-40-47-42(45)36-34-32-30-28-26-24-22-20-18-16-14-12-10-8-6-2/h19-22H,5-18,23-40H2,1-4H3/q+1/b21-19-,22-20-. The average molecular weight is 663 g/mol. The minimum absolute atomic E-state index is 0.0889. The van der Waals surface area contributed by atoms with Crippen molar-refractivity contribution in [2.75, 3.05) is 40.4 Å². The van der Waals surface area contributed by atoms with E-state index in [0.29, 0.717) is 30.5 Å². The van der Waals surface area contributed by atoms with Crippen LogP contribution in [0.1, 0.15) is 194 Å². The van der Waals surface area contributed by atoms with Crippen LogP contribution in [0, 0.1) is 0 Å². The zero-order valence-electron chi connectivity index (χ0n) is 32.0. The molecule has 0 fully saturated rings. The molecule has 0 amide bonds. The van der Waals surface area contributed by atoms with E-state index in [0.717, 1.165) is 38.8 Å². The summed E-state index contributed by atoms with van der Waals surface area (Å²) in [6, 6.07) is 0. The molecule has 276 valence electrons. The van der Waals surface area contributed by atoms with Crippen LogP contribution in [-0.4, -0.2) is 56.8 Å². The van der Waals surface area contributed by atoms with Gasteiger partial charge in [0.1, 0.15) is 26.3 Å². The molecule has 0 aliphatic rings. The van der Waals surface area contributed by atoms with Crippen LogP contribution in [0.25, 0.3) is 0 Å². The van der Waals surface area contributed by atoms with Gasteiger partial charge in [-0.2, -0.15) is 0 Å². The Morgan fingerprint density at radius 1 is 0.426 bits per heavy atom. The summed E-state index contributed by atoms with van der Waals surface area (Å²) in [7, 11) is 4.19. The number of hydrogen-bond donors (Lipinski definition) is 0. The fraction of sp³-hybridized carbons (Fsp3) is 0.857. The third-order valence-electron chi connectivity index (χ3n) is 9.20. The first-order chi connectivity index (χ1) is 22.9. The molecular formula is C42H80NO4+. The molecule has 0 aliphatic carbocycles. The Labute approximate surface area is 293 Å². The molecule has 0 bridgehead atoms. The molecular weight excluding hydrogens is 582 g/mol. The molecule has 0 spiro atoms. The maximum Gasteiger partial charge on any atom is 0.305 e. The summed E-state index contributed by atoms with van der Waals surface area (Å²) in [5.74, 6) is -0.178. The van der Waals surface area contributed by atoms with Gasteiger partial charge >= 0.3 is 11.9 Å². The lowest BCUT2D eigenvalue weighted by atomic mass is 10.1. The lowest BCUT2D eigenvalue weighted by molar-refractivity contribution is -0.890. The van der Waals surface area contributed by atoms with Crippen LogP contribution in [0.2, 0.25) is 0 Å². The van der Waals surface area contributed by atoms with Gasteiger partial charge in [-0.25, -0.2) is 0 Å². The number of hydrogen-bond acceptors (Lipinski definition) is 4. The van der Waals surface area contributed by atoms with Gasteiger partial charge in [0.15, 0.2) is 0 Å². The Balaban J connectivity index is 3.55. The first-order valence-corrected chi connectivity index (χ1v) is 20.3. The summed E-state index contributed by atoms with van der Waals surface area (Å²) in [5.41, 5.74) is 0. The summed E-state index contributed by atoms with van der Waals surface area (Å²) in [5, 5.41) is 0. The number of allylic oxidation sites excluding steroid dienone is 4. The maximum atomic E-state index is 12.1. The van der Waals surface area contributed by atoms with Crippen LogP contribution in [0.15, 0.2) is 24.3 Å². The molecule has 0 saturated heterocycles. The molecule has 0 rings (SSSR count). The van der Waals surface area contributed by atoms with Crippen molar-refractivity contribution in [2.45, 2.75) is 194 Å². The molecule has 0 radical (unpaired) electrons. The topological polar surface area (TPSA) is 52.6 Å². The fourth-order valence-electron chi connectivity index (χ4n) is 5.75. The quantitative estimate of drug-likeness (QED) is 0.0290. The first kappa shape index (κ1) is 45.4. The van der Waals surface area contributed by atoms with Crippen LogP contribution in [-0.2, 0) is 19.1 Å². The van der Waals surface area contributed by atoms with Gasteiger partial charge in [0, 0.05) is 12.8 Å². The number of ether oxygens (including phenoxy) is 2. The molecule has 0 atom stereocenters.